The predicted octanol–water partition coefficient (Wildman–Crippen LogP) is 0.999. The fraction of sp³-hybridized carbons (Fsp3) is 0.750. The second-order valence-electron chi connectivity index (χ2n) is 8.27. The Bertz CT molecular complexity index is 755. The van der Waals surface area contributed by atoms with Crippen LogP contribution in [0.2, 0.25) is 0 Å². The van der Waals surface area contributed by atoms with Crippen molar-refractivity contribution >= 4 is 15.8 Å². The molecule has 9 heteroatoms. The van der Waals surface area contributed by atoms with Crippen LogP contribution in [0.3, 0.4) is 0 Å². The third-order valence-corrected chi connectivity index (χ3v) is 8.11. The first kappa shape index (κ1) is 22.1. The summed E-state index contributed by atoms with van der Waals surface area (Å²) in [4.78, 5) is 9.30. The maximum atomic E-state index is 12.4. The first-order chi connectivity index (χ1) is 13.9. The van der Waals surface area contributed by atoms with Crippen LogP contribution in [0.15, 0.2) is 27.8 Å². The molecule has 0 unspecified atom stereocenters. The Morgan fingerprint density at radius 3 is 2.76 bits per heavy atom. The van der Waals surface area contributed by atoms with E-state index in [1.807, 2.05) is 12.1 Å². The van der Waals surface area contributed by atoms with Crippen LogP contribution < -0.4 is 5.32 Å². The molecule has 1 N–H and O–H groups in total. The maximum Gasteiger partial charge on any atom is 0.194 e. The van der Waals surface area contributed by atoms with Gasteiger partial charge in [0.05, 0.1) is 30.0 Å². The van der Waals surface area contributed by atoms with Crippen LogP contribution in [0, 0.1) is 0 Å². The fourth-order valence-corrected chi connectivity index (χ4v) is 5.01. The van der Waals surface area contributed by atoms with E-state index >= 15 is 0 Å². The largest absolute Gasteiger partial charge is 0.469 e. The number of sulfone groups is 1. The Hall–Kier alpha value is -1.58. The molecule has 0 atom stereocenters. The number of rotatable bonds is 7. The maximum absolute atomic E-state index is 12.4. The van der Waals surface area contributed by atoms with Gasteiger partial charge in [-0.15, -0.1) is 0 Å². The molecular formula is C20H34N4O4S. The molecule has 3 heterocycles. The Morgan fingerprint density at radius 2 is 2.07 bits per heavy atom. The Balaban J connectivity index is 1.57. The van der Waals surface area contributed by atoms with Gasteiger partial charge in [0.1, 0.15) is 5.76 Å². The number of hydrogen-bond donors (Lipinski definition) is 1. The lowest BCUT2D eigenvalue weighted by molar-refractivity contribution is 0.0377. The summed E-state index contributed by atoms with van der Waals surface area (Å²) in [6.07, 6.45) is 3.40. The minimum Gasteiger partial charge on any atom is -0.469 e. The highest BCUT2D eigenvalue weighted by Crippen LogP contribution is 2.23. The second-order valence-corrected chi connectivity index (χ2v) is 11.0. The highest BCUT2D eigenvalue weighted by Gasteiger charge is 2.41. The number of nitrogens with zero attached hydrogens (tertiary/aromatic N) is 3. The molecule has 0 aromatic carbocycles. The van der Waals surface area contributed by atoms with E-state index in [1.165, 1.54) is 0 Å². The molecule has 0 aliphatic carbocycles. The van der Waals surface area contributed by atoms with E-state index < -0.39 is 14.6 Å². The van der Waals surface area contributed by atoms with Gasteiger partial charge in [-0.25, -0.2) is 8.42 Å². The lowest BCUT2D eigenvalue weighted by Crippen LogP contribution is -2.57. The summed E-state index contributed by atoms with van der Waals surface area (Å²) in [5.41, 5.74) is 0. The molecule has 0 saturated carbocycles. The molecule has 1 aromatic rings. The number of morpholine rings is 1. The van der Waals surface area contributed by atoms with Gasteiger partial charge in [-0.1, -0.05) is 0 Å². The third-order valence-electron chi connectivity index (χ3n) is 5.58. The molecule has 0 bridgehead atoms. The number of guanidine groups is 1. The van der Waals surface area contributed by atoms with Gasteiger partial charge in [0.2, 0.25) is 0 Å². The smallest absolute Gasteiger partial charge is 0.194 e. The Kier molecular flexibility index (Phi) is 7.59. The predicted molar refractivity (Wildman–Crippen MR) is 114 cm³/mol. The molecule has 2 saturated heterocycles. The van der Waals surface area contributed by atoms with Crippen molar-refractivity contribution in [2.24, 2.45) is 4.99 Å². The number of furan rings is 1. The molecule has 2 aliphatic rings. The van der Waals surface area contributed by atoms with E-state index in [-0.39, 0.29) is 5.75 Å². The fourth-order valence-electron chi connectivity index (χ4n) is 3.65. The highest BCUT2D eigenvalue weighted by atomic mass is 32.2. The zero-order valence-corrected chi connectivity index (χ0v) is 18.4. The average molecular weight is 427 g/mol. The normalized spacial score (nSPS) is 22.6. The van der Waals surface area contributed by atoms with Crippen molar-refractivity contribution < 1.29 is 17.6 Å². The van der Waals surface area contributed by atoms with Crippen molar-refractivity contribution in [1.82, 2.24) is 15.1 Å². The molecule has 1 aromatic heterocycles. The molecule has 0 radical (unpaired) electrons. The van der Waals surface area contributed by atoms with E-state index in [1.54, 1.807) is 20.1 Å². The third kappa shape index (κ3) is 6.20. The van der Waals surface area contributed by atoms with Gasteiger partial charge in [0.15, 0.2) is 15.8 Å². The average Bonchev–Trinajstić information content (AvgIpc) is 3.20. The number of aliphatic imine (C=N–C) groups is 1. The molecular weight excluding hydrogens is 392 g/mol. The zero-order valence-electron chi connectivity index (χ0n) is 17.6. The van der Waals surface area contributed by atoms with Crippen molar-refractivity contribution in [3.05, 3.63) is 24.2 Å². The minimum absolute atomic E-state index is 0.159. The lowest BCUT2D eigenvalue weighted by Gasteiger charge is -2.39. The topological polar surface area (TPSA) is 87.4 Å². The van der Waals surface area contributed by atoms with Crippen LogP contribution in [0.4, 0.5) is 0 Å². The Labute approximate surface area is 174 Å². The summed E-state index contributed by atoms with van der Waals surface area (Å²) in [6, 6.07) is 3.84. The Morgan fingerprint density at radius 1 is 1.28 bits per heavy atom. The summed E-state index contributed by atoms with van der Waals surface area (Å²) in [5.74, 6) is 1.87. The van der Waals surface area contributed by atoms with E-state index in [2.05, 4.69) is 15.1 Å². The standard InChI is InChI=1S/C20H34N4O4S/c1-20(2)17-24(12-16-29(20,25)26)19(22-8-6-18-5-3-13-28-18)21-7-4-9-23-10-14-27-15-11-23/h3,5,13H,4,6-12,14-17H2,1-2H3,(H,21,22). The van der Waals surface area contributed by atoms with Gasteiger partial charge in [-0.2, -0.15) is 0 Å². The van der Waals surface area contributed by atoms with E-state index in [4.69, 9.17) is 14.1 Å². The second kappa shape index (κ2) is 9.95. The van der Waals surface area contributed by atoms with E-state index in [0.29, 0.717) is 26.2 Å². The van der Waals surface area contributed by atoms with E-state index in [0.717, 1.165) is 57.4 Å². The van der Waals surface area contributed by atoms with Crippen LogP contribution in [-0.2, 0) is 21.0 Å². The molecule has 2 fully saturated rings. The van der Waals surface area contributed by atoms with Crippen LogP contribution in [0.5, 0.6) is 0 Å². The molecule has 29 heavy (non-hydrogen) atoms. The van der Waals surface area contributed by atoms with Crippen molar-refractivity contribution in [2.75, 3.05) is 64.8 Å². The number of hydrogen-bond acceptors (Lipinski definition) is 6. The molecule has 0 amide bonds. The van der Waals surface area contributed by atoms with Crippen molar-refractivity contribution in [2.45, 2.75) is 31.4 Å². The summed E-state index contributed by atoms with van der Waals surface area (Å²) in [5, 5.41) is 3.42. The van der Waals surface area contributed by atoms with Crippen LogP contribution >= 0.6 is 0 Å². The quantitative estimate of drug-likeness (QED) is 0.395. The SMILES string of the molecule is CC1(C)CN(C(=NCCCN2CCOCC2)NCCc2ccco2)CCS1(=O)=O. The number of nitrogens with one attached hydrogen (secondary N) is 1. The molecule has 2 aliphatic heterocycles. The molecule has 8 nitrogen and oxygen atoms in total. The van der Waals surface area contributed by atoms with E-state index in [9.17, 15) is 8.42 Å². The molecule has 164 valence electrons. The van der Waals surface area contributed by atoms with Crippen LogP contribution in [-0.4, -0.2) is 93.7 Å². The summed E-state index contributed by atoms with van der Waals surface area (Å²) < 4.78 is 34.7. The van der Waals surface area contributed by atoms with Crippen molar-refractivity contribution in [1.29, 1.82) is 0 Å². The van der Waals surface area contributed by atoms with Gasteiger partial charge in [-0.3, -0.25) is 9.89 Å². The first-order valence-corrected chi connectivity index (χ1v) is 12.1. The zero-order chi connectivity index (χ0) is 20.7. The van der Waals surface area contributed by atoms with Crippen molar-refractivity contribution in [3.8, 4) is 0 Å². The molecule has 0 spiro atoms. The monoisotopic (exact) mass is 426 g/mol. The van der Waals surface area contributed by atoms with Gasteiger partial charge in [-0.05, 0) is 32.4 Å². The van der Waals surface area contributed by atoms with Crippen LogP contribution in [0.25, 0.3) is 0 Å². The molecule has 3 rings (SSSR count). The minimum atomic E-state index is -3.08. The first-order valence-electron chi connectivity index (χ1n) is 10.5. The summed E-state index contributed by atoms with van der Waals surface area (Å²) in [7, 11) is -3.08. The van der Waals surface area contributed by atoms with Gasteiger partial charge in [0.25, 0.3) is 0 Å². The van der Waals surface area contributed by atoms with Gasteiger partial charge < -0.3 is 19.4 Å². The van der Waals surface area contributed by atoms with Gasteiger partial charge >= 0.3 is 0 Å². The van der Waals surface area contributed by atoms with Gasteiger partial charge in [0, 0.05) is 52.2 Å². The summed E-state index contributed by atoms with van der Waals surface area (Å²) >= 11 is 0. The highest BCUT2D eigenvalue weighted by molar-refractivity contribution is 7.92. The van der Waals surface area contributed by atoms with Crippen LogP contribution in [0.1, 0.15) is 26.0 Å². The number of ether oxygens (including phenoxy) is 1. The summed E-state index contributed by atoms with van der Waals surface area (Å²) in [6.45, 7) is 10.5. The van der Waals surface area contributed by atoms with Crippen molar-refractivity contribution in [3.63, 3.8) is 0 Å². The lowest BCUT2D eigenvalue weighted by atomic mass is 10.2.